The number of hydrogen-bond donors (Lipinski definition) is 3. The third-order valence-corrected chi connectivity index (χ3v) is 5.38. The second kappa shape index (κ2) is 8.40. The Labute approximate surface area is 181 Å². The highest BCUT2D eigenvalue weighted by Gasteiger charge is 2.43. The molecule has 2 fully saturated rings. The lowest BCUT2D eigenvalue weighted by Gasteiger charge is -2.16. The summed E-state index contributed by atoms with van der Waals surface area (Å²) in [6.45, 7) is 0.201. The minimum atomic E-state index is -1.33. The lowest BCUT2D eigenvalue weighted by atomic mass is 10.1. The lowest BCUT2D eigenvalue weighted by Crippen LogP contribution is -2.31. The van der Waals surface area contributed by atoms with Crippen molar-refractivity contribution in [3.05, 3.63) is 48.3 Å². The van der Waals surface area contributed by atoms with Crippen molar-refractivity contribution in [3.8, 4) is 11.8 Å². The van der Waals surface area contributed by atoms with Crippen molar-refractivity contribution in [2.45, 2.75) is 43.4 Å². The summed E-state index contributed by atoms with van der Waals surface area (Å²) < 4.78 is 39.2. The molecule has 2 unspecified atom stereocenters. The molecule has 166 valence electrons. The molecule has 2 aliphatic rings. The molecule has 6 atom stereocenters. The number of anilines is 1. The van der Waals surface area contributed by atoms with Crippen LogP contribution in [0.4, 0.5) is 14.6 Å². The van der Waals surface area contributed by atoms with Gasteiger partial charge in [0.1, 0.15) is 30.5 Å². The zero-order valence-electron chi connectivity index (χ0n) is 16.6. The summed E-state index contributed by atoms with van der Waals surface area (Å²) in [4.78, 5) is 12.7. The van der Waals surface area contributed by atoms with Crippen molar-refractivity contribution < 1.29 is 28.5 Å². The van der Waals surface area contributed by atoms with Gasteiger partial charge in [0, 0.05) is 6.42 Å². The molecule has 2 aromatic heterocycles. The second-order valence-electron chi connectivity index (χ2n) is 7.54. The number of hydrogen-bond acceptors (Lipinski definition) is 8. The molecule has 1 aromatic carbocycles. The number of fused-ring (bicyclic) bond motifs is 1. The Kier molecular flexibility index (Phi) is 5.44. The monoisotopic (exact) mass is 443 g/mol. The van der Waals surface area contributed by atoms with E-state index in [9.17, 15) is 19.0 Å². The van der Waals surface area contributed by atoms with E-state index in [2.05, 4.69) is 32.1 Å². The SMILES string of the molecule is O[C@@H]1[C@H](O)[C@@H](C#Cc2ccccc2F)O[C@H]1n1cnc2c(NC3COC(F)C3)ncnc21. The van der Waals surface area contributed by atoms with Gasteiger partial charge < -0.3 is 25.0 Å². The van der Waals surface area contributed by atoms with Crippen molar-refractivity contribution in [1.82, 2.24) is 19.5 Å². The maximum Gasteiger partial charge on any atom is 0.200 e. The molecule has 0 bridgehead atoms. The van der Waals surface area contributed by atoms with E-state index in [1.165, 1.54) is 29.4 Å². The standard InChI is InChI=1S/C21H19F2N5O4/c22-13-4-2-1-3-11(13)5-6-14-17(29)18(30)21(32-14)28-10-26-16-19(24-9-25-20(16)28)27-12-7-15(23)31-8-12/h1-4,9-10,12,14-15,17-18,21,29-30H,7-8H2,(H,24,25,27)/t12?,14-,15?,17-,18-,21-/m1/s1. The van der Waals surface area contributed by atoms with Gasteiger partial charge in [-0.2, -0.15) is 0 Å². The molecule has 2 aliphatic heterocycles. The Balaban J connectivity index is 1.39. The predicted molar refractivity (Wildman–Crippen MR) is 107 cm³/mol. The number of nitrogens with zero attached hydrogens (tertiary/aromatic N) is 4. The van der Waals surface area contributed by atoms with Crippen LogP contribution in [0.15, 0.2) is 36.9 Å². The van der Waals surface area contributed by atoms with E-state index in [1.807, 2.05) is 0 Å². The molecule has 3 N–H and O–H groups in total. The number of halogens is 2. The van der Waals surface area contributed by atoms with Crippen molar-refractivity contribution >= 4 is 17.0 Å². The highest BCUT2D eigenvalue weighted by Crippen LogP contribution is 2.32. The normalized spacial score (nSPS) is 29.8. The maximum absolute atomic E-state index is 13.8. The van der Waals surface area contributed by atoms with Crippen LogP contribution < -0.4 is 5.32 Å². The number of benzene rings is 1. The van der Waals surface area contributed by atoms with E-state index in [4.69, 9.17) is 9.47 Å². The third kappa shape index (κ3) is 3.78. The van der Waals surface area contributed by atoms with E-state index >= 15 is 0 Å². The first-order valence-corrected chi connectivity index (χ1v) is 9.98. The van der Waals surface area contributed by atoms with Crippen molar-refractivity contribution in [3.63, 3.8) is 0 Å². The summed E-state index contributed by atoms with van der Waals surface area (Å²) in [5.41, 5.74) is 0.891. The number of ether oxygens (including phenoxy) is 2. The molecular weight excluding hydrogens is 424 g/mol. The average molecular weight is 443 g/mol. The van der Waals surface area contributed by atoms with E-state index in [0.717, 1.165) is 0 Å². The number of alkyl halides is 1. The molecule has 32 heavy (non-hydrogen) atoms. The Bertz CT molecular complexity index is 1200. The van der Waals surface area contributed by atoms with Gasteiger partial charge in [-0.3, -0.25) is 4.57 Å². The smallest absolute Gasteiger partial charge is 0.200 e. The number of aliphatic hydroxyl groups excluding tert-OH is 2. The number of aromatic nitrogens is 4. The molecule has 11 heteroatoms. The first-order valence-electron chi connectivity index (χ1n) is 9.98. The molecule has 0 spiro atoms. The Morgan fingerprint density at radius 1 is 1.16 bits per heavy atom. The topological polar surface area (TPSA) is 115 Å². The van der Waals surface area contributed by atoms with E-state index in [1.54, 1.807) is 12.1 Å². The van der Waals surface area contributed by atoms with Crippen LogP contribution in [0.5, 0.6) is 0 Å². The molecule has 0 radical (unpaired) electrons. The molecule has 0 aliphatic carbocycles. The summed E-state index contributed by atoms with van der Waals surface area (Å²) in [5.74, 6) is 5.21. The summed E-state index contributed by atoms with van der Waals surface area (Å²) in [7, 11) is 0. The maximum atomic E-state index is 13.8. The Morgan fingerprint density at radius 2 is 2.00 bits per heavy atom. The van der Waals surface area contributed by atoms with Gasteiger partial charge in [-0.05, 0) is 12.1 Å². The number of nitrogens with one attached hydrogen (secondary N) is 1. The average Bonchev–Trinajstić information content (AvgIpc) is 3.47. The molecule has 2 saturated heterocycles. The predicted octanol–water partition coefficient (Wildman–Crippen LogP) is 1.13. The van der Waals surface area contributed by atoms with Gasteiger partial charge in [-0.25, -0.2) is 23.7 Å². The van der Waals surface area contributed by atoms with Crippen LogP contribution in [0.1, 0.15) is 18.2 Å². The first-order chi connectivity index (χ1) is 15.5. The third-order valence-electron chi connectivity index (χ3n) is 5.38. The van der Waals surface area contributed by atoms with E-state index in [-0.39, 0.29) is 24.6 Å². The molecule has 0 saturated carbocycles. The van der Waals surface area contributed by atoms with Gasteiger partial charge >= 0.3 is 0 Å². The van der Waals surface area contributed by atoms with Crippen molar-refractivity contribution in [2.75, 3.05) is 11.9 Å². The van der Waals surface area contributed by atoms with Crippen LogP contribution in [-0.4, -0.2) is 67.1 Å². The number of aliphatic hydroxyl groups is 2. The summed E-state index contributed by atoms with van der Waals surface area (Å²) in [6, 6.07) is 5.72. The minimum absolute atomic E-state index is 0.157. The second-order valence-corrected chi connectivity index (χ2v) is 7.54. The zero-order valence-corrected chi connectivity index (χ0v) is 16.6. The molecule has 3 aromatic rings. The molecule has 4 heterocycles. The fraction of sp³-hybridized carbons (Fsp3) is 0.381. The number of imidazole rings is 1. The highest BCUT2D eigenvalue weighted by molar-refractivity contribution is 5.82. The van der Waals surface area contributed by atoms with Gasteiger partial charge in [0.25, 0.3) is 0 Å². The summed E-state index contributed by atoms with van der Waals surface area (Å²) in [5, 5.41) is 24.1. The molecule has 0 amide bonds. The van der Waals surface area contributed by atoms with Crippen LogP contribution >= 0.6 is 0 Å². The van der Waals surface area contributed by atoms with Crippen LogP contribution in [-0.2, 0) is 9.47 Å². The largest absolute Gasteiger partial charge is 0.386 e. The van der Waals surface area contributed by atoms with E-state index < -0.39 is 36.7 Å². The highest BCUT2D eigenvalue weighted by atomic mass is 19.1. The molecule has 5 rings (SSSR count). The Morgan fingerprint density at radius 3 is 2.78 bits per heavy atom. The van der Waals surface area contributed by atoms with Crippen LogP contribution in [0.2, 0.25) is 0 Å². The zero-order chi connectivity index (χ0) is 22.2. The van der Waals surface area contributed by atoms with Gasteiger partial charge in [-0.1, -0.05) is 24.0 Å². The van der Waals surface area contributed by atoms with E-state index in [0.29, 0.717) is 17.0 Å². The number of rotatable bonds is 3. The summed E-state index contributed by atoms with van der Waals surface area (Å²) in [6.07, 6.45) is -3.16. The fourth-order valence-corrected chi connectivity index (χ4v) is 3.74. The fourth-order valence-electron chi connectivity index (χ4n) is 3.74. The molecular formula is C21H19F2N5O4. The van der Waals surface area contributed by atoms with Gasteiger partial charge in [0.15, 0.2) is 23.2 Å². The van der Waals surface area contributed by atoms with Crippen LogP contribution in [0.25, 0.3) is 11.2 Å². The van der Waals surface area contributed by atoms with Crippen LogP contribution in [0.3, 0.4) is 0 Å². The minimum Gasteiger partial charge on any atom is -0.386 e. The molecule has 9 nitrogen and oxygen atoms in total. The summed E-state index contributed by atoms with van der Waals surface area (Å²) >= 11 is 0. The Hall–Kier alpha value is -3.17. The van der Waals surface area contributed by atoms with Crippen LogP contribution in [0, 0.1) is 17.7 Å². The van der Waals surface area contributed by atoms with Gasteiger partial charge in [-0.15, -0.1) is 0 Å². The quantitative estimate of drug-likeness (QED) is 0.517. The first kappa shape index (κ1) is 20.7. The van der Waals surface area contributed by atoms with Crippen molar-refractivity contribution in [2.24, 2.45) is 0 Å². The van der Waals surface area contributed by atoms with Crippen molar-refractivity contribution in [1.29, 1.82) is 0 Å². The lowest BCUT2D eigenvalue weighted by molar-refractivity contribution is -0.0230. The van der Waals surface area contributed by atoms with Gasteiger partial charge in [0.2, 0.25) is 6.36 Å². The van der Waals surface area contributed by atoms with Gasteiger partial charge in [0.05, 0.1) is 24.5 Å².